The quantitative estimate of drug-likeness (QED) is 0.307. The molecule has 0 aromatic carbocycles. The lowest BCUT2D eigenvalue weighted by Crippen LogP contribution is -1.68. The van der Waals surface area contributed by atoms with E-state index >= 15 is 0 Å². The molecule has 1 heteroatoms. The zero-order valence-corrected chi connectivity index (χ0v) is 2.23. The van der Waals surface area contributed by atoms with Gasteiger partial charge in [0.25, 0.3) is 0 Å². The second kappa shape index (κ2) is 2.23. The van der Waals surface area contributed by atoms with Crippen molar-refractivity contribution in [3.63, 3.8) is 0 Å². The summed E-state index contributed by atoms with van der Waals surface area (Å²) in [4.78, 5) is 0. The van der Waals surface area contributed by atoms with E-state index < -0.39 is 0 Å². The number of nitrogens with two attached hydrogens (primary N) is 1. The van der Waals surface area contributed by atoms with Gasteiger partial charge in [0.15, 0.2) is 11.9 Å². The molecule has 0 aliphatic heterocycles. The van der Waals surface area contributed by atoms with Crippen LogP contribution < -0.4 is 5.73 Å². The van der Waals surface area contributed by atoms with Gasteiger partial charge in [-0.2, -0.15) is 0 Å². The Morgan fingerprint density at radius 2 is 2.25 bits per heavy atom. The van der Waals surface area contributed by atoms with Gasteiger partial charge in [0, 0.05) is 0 Å². The molecule has 4 heavy (non-hydrogen) atoms. The summed E-state index contributed by atoms with van der Waals surface area (Å²) in [7, 11) is 0. The van der Waals surface area contributed by atoms with Crippen LogP contribution in [-0.4, -0.2) is 0 Å². The third-order valence-corrected chi connectivity index (χ3v) is 0.0962. The van der Waals surface area contributed by atoms with Crippen molar-refractivity contribution in [2.24, 2.45) is 5.73 Å². The third kappa shape index (κ3) is 1.23. The van der Waals surface area contributed by atoms with Crippen LogP contribution in [0.5, 0.6) is 0 Å². The molecule has 0 aromatic heterocycles. The first-order chi connectivity index (χ1) is 1.91. The minimum absolute atomic E-state index is 1.15. The van der Waals surface area contributed by atoms with E-state index in [0.29, 0.717) is 0 Å². The molecule has 0 radical (unpaired) electrons. The largest absolute Gasteiger partial charge is 0.323 e. The van der Waals surface area contributed by atoms with Gasteiger partial charge in [-0.3, -0.25) is 0 Å². The summed E-state index contributed by atoms with van der Waals surface area (Å²) in [5, 5.41) is 0. The zero-order chi connectivity index (χ0) is 3.41. The lowest BCUT2D eigenvalue weighted by Gasteiger charge is -1.30. The molecule has 0 aliphatic rings. The molecule has 0 saturated heterocycles. The van der Waals surface area contributed by atoms with Crippen molar-refractivity contribution < 1.29 is 0 Å². The molecule has 0 heterocycles. The van der Waals surface area contributed by atoms with Crippen LogP contribution in [0.15, 0.2) is 11.9 Å². The maximum Gasteiger partial charge on any atom is 0.181 e. The van der Waals surface area contributed by atoms with Gasteiger partial charge in [0.1, 0.15) is 6.58 Å². The maximum atomic E-state index is 4.67. The average molecular weight is 54.1 g/mol. The summed E-state index contributed by atoms with van der Waals surface area (Å²) < 4.78 is 0. The third-order valence-electron chi connectivity index (χ3n) is 0.0962. The predicted octanol–water partition coefficient (Wildman–Crippen LogP) is 0.0469. The molecule has 20 valence electrons. The molecule has 0 aliphatic carbocycles. The van der Waals surface area contributed by atoms with Gasteiger partial charge in [-0.05, 0) is 0 Å². The van der Waals surface area contributed by atoms with Crippen molar-refractivity contribution in [2.45, 2.75) is 0 Å². The number of hydrogen-bond acceptors (Lipinski definition) is 1. The van der Waals surface area contributed by atoms with Crippen LogP contribution in [0, 0.1) is 6.58 Å². The van der Waals surface area contributed by atoms with Gasteiger partial charge >= 0.3 is 0 Å². The van der Waals surface area contributed by atoms with Crippen molar-refractivity contribution in [2.75, 3.05) is 0 Å². The fourth-order valence-electron chi connectivity index (χ4n) is 0. The summed E-state index contributed by atoms with van der Waals surface area (Å²) in [6.45, 7) is 4.60. The fourth-order valence-corrected chi connectivity index (χ4v) is 0. The van der Waals surface area contributed by atoms with E-state index in [-0.39, 0.29) is 0 Å². The lowest BCUT2D eigenvalue weighted by molar-refractivity contribution is 1.63. The highest BCUT2D eigenvalue weighted by atomic mass is 14.5. The van der Waals surface area contributed by atoms with Crippen LogP contribution in [0.4, 0.5) is 0 Å². The first-order valence-corrected chi connectivity index (χ1v) is 0.911. The van der Waals surface area contributed by atoms with Gasteiger partial charge < -0.3 is 5.73 Å². The monoisotopic (exact) mass is 54.0 g/mol. The number of rotatable bonds is 0. The molecule has 0 amide bonds. The summed E-state index contributed by atoms with van der Waals surface area (Å²) in [6, 6.07) is 0. The van der Waals surface area contributed by atoms with Gasteiger partial charge in [-0.15, -0.1) is 0 Å². The molecule has 0 unspecified atom stereocenters. The van der Waals surface area contributed by atoms with E-state index in [1.807, 2.05) is 0 Å². The Bertz CT molecular complexity index is 41.2. The Labute approximate surface area is 25.4 Å². The van der Waals surface area contributed by atoms with Crippen LogP contribution in [0.1, 0.15) is 0 Å². The molecule has 0 bridgehead atoms. The first-order valence-electron chi connectivity index (χ1n) is 0.911. The molecule has 0 aromatic rings. The second-order valence-electron chi connectivity index (χ2n) is 0.333. The minimum Gasteiger partial charge on any atom is -0.323 e. The molecule has 1 nitrogen and oxygen atoms in total. The van der Waals surface area contributed by atoms with E-state index in [2.05, 4.69) is 18.0 Å². The van der Waals surface area contributed by atoms with Gasteiger partial charge in [0.05, 0.1) is 0 Å². The summed E-state index contributed by atoms with van der Waals surface area (Å²) in [5.74, 6) is 0. The van der Waals surface area contributed by atoms with Gasteiger partial charge in [-0.1, -0.05) is 0 Å². The molecular weight excluding hydrogens is 50.0 g/mol. The molecule has 0 fully saturated rings. The first kappa shape index (κ1) is 3.23. The normalized spacial score (nSPS) is 3.75. The fraction of sp³-hybridized carbons (Fsp3) is 0. The second-order valence-corrected chi connectivity index (χ2v) is 0.333. The smallest absolute Gasteiger partial charge is 0.181 e. The van der Waals surface area contributed by atoms with Gasteiger partial charge in [0.2, 0.25) is 0 Å². The van der Waals surface area contributed by atoms with Crippen LogP contribution in [0.2, 0.25) is 0 Å². The molecule has 0 rings (SSSR count). The average Bonchev–Trinajstić information content (AvgIpc) is 1.37. The SMILES string of the molecule is [CH+]=C=CN. The molecule has 0 atom stereocenters. The molecule has 2 N–H and O–H groups in total. The van der Waals surface area contributed by atoms with Crippen LogP contribution >= 0.6 is 0 Å². The number of hydrogen-bond donors (Lipinski definition) is 1. The van der Waals surface area contributed by atoms with Crippen molar-refractivity contribution >= 4 is 0 Å². The highest BCUT2D eigenvalue weighted by Gasteiger charge is 1.38. The zero-order valence-electron chi connectivity index (χ0n) is 2.23. The van der Waals surface area contributed by atoms with Gasteiger partial charge in [-0.25, -0.2) is 0 Å². The molecule has 0 spiro atoms. The van der Waals surface area contributed by atoms with Crippen molar-refractivity contribution in [1.82, 2.24) is 0 Å². The highest BCUT2D eigenvalue weighted by Crippen LogP contribution is 1.29. The molecule has 0 saturated carbocycles. The van der Waals surface area contributed by atoms with E-state index in [1.54, 1.807) is 0 Å². The van der Waals surface area contributed by atoms with Crippen LogP contribution in [0.3, 0.4) is 0 Å². The van der Waals surface area contributed by atoms with E-state index in [9.17, 15) is 0 Å². The Morgan fingerprint density at radius 1 is 2.00 bits per heavy atom. The van der Waals surface area contributed by atoms with Crippen molar-refractivity contribution in [3.8, 4) is 0 Å². The standard InChI is InChI=1S/C3H4N/c1-2-3-4/h1,3H,4H2/q+1. The van der Waals surface area contributed by atoms with Crippen LogP contribution in [-0.2, 0) is 0 Å². The predicted molar refractivity (Wildman–Crippen MR) is 16.6 cm³/mol. The van der Waals surface area contributed by atoms with E-state index in [0.717, 1.165) is 6.20 Å². The maximum absolute atomic E-state index is 4.67. The van der Waals surface area contributed by atoms with Crippen molar-refractivity contribution in [3.05, 3.63) is 18.5 Å². The van der Waals surface area contributed by atoms with Crippen molar-refractivity contribution in [1.29, 1.82) is 0 Å². The van der Waals surface area contributed by atoms with Crippen LogP contribution in [0.25, 0.3) is 0 Å². The topological polar surface area (TPSA) is 26.0 Å². The Balaban J connectivity index is 3.11. The van der Waals surface area contributed by atoms with E-state index in [4.69, 9.17) is 0 Å². The highest BCUT2D eigenvalue weighted by molar-refractivity contribution is 4.62. The summed E-state index contributed by atoms with van der Waals surface area (Å²) in [5.41, 5.74) is 6.75. The summed E-state index contributed by atoms with van der Waals surface area (Å²) in [6.07, 6.45) is 1.15. The Hall–Kier alpha value is -0.770. The summed E-state index contributed by atoms with van der Waals surface area (Å²) >= 11 is 0. The minimum atomic E-state index is 1.15. The Morgan fingerprint density at radius 3 is 2.25 bits per heavy atom. The lowest BCUT2D eigenvalue weighted by atomic mass is 10.9. The Kier molecular flexibility index (Phi) is 1.80. The molecular formula is C3H4N+. The van der Waals surface area contributed by atoms with E-state index in [1.165, 1.54) is 0 Å².